The van der Waals surface area contributed by atoms with Crippen molar-refractivity contribution in [2.45, 2.75) is 70.6 Å². The monoisotopic (exact) mass is 316 g/mol. The molecule has 2 heterocycles. The molecule has 0 aromatic carbocycles. The molecule has 2 aliphatic rings. The van der Waals surface area contributed by atoms with E-state index in [1.54, 1.807) is 18.3 Å². The summed E-state index contributed by atoms with van der Waals surface area (Å²) >= 11 is 0. The van der Waals surface area contributed by atoms with E-state index in [1.165, 1.54) is 12.8 Å². The Morgan fingerprint density at radius 1 is 1.22 bits per heavy atom. The smallest absolute Gasteiger partial charge is 0.398 e. The molecule has 23 heavy (non-hydrogen) atoms. The number of carbonyl (C=O) groups excluding carboxylic acids is 1. The van der Waals surface area contributed by atoms with Crippen LogP contribution in [-0.4, -0.2) is 35.3 Å². The molecule has 1 aliphatic carbocycles. The first-order chi connectivity index (χ1) is 10.8. The topological polar surface area (TPSA) is 60.5 Å². The first-order valence-electron chi connectivity index (χ1n) is 8.41. The molecule has 0 unspecified atom stereocenters. The van der Waals surface area contributed by atoms with E-state index in [9.17, 15) is 4.79 Å². The van der Waals surface area contributed by atoms with Gasteiger partial charge in [0.2, 0.25) is 0 Å². The van der Waals surface area contributed by atoms with Crippen LogP contribution in [0.15, 0.2) is 18.3 Å². The minimum Gasteiger partial charge on any atom is -0.398 e. The van der Waals surface area contributed by atoms with Crippen LogP contribution in [0.4, 0.5) is 0 Å². The van der Waals surface area contributed by atoms with Gasteiger partial charge in [0.05, 0.1) is 22.4 Å². The molecule has 1 aliphatic heterocycles. The fraction of sp³-hybridized carbons (Fsp3) is 0.647. The lowest BCUT2D eigenvalue weighted by molar-refractivity contribution is 0.00578. The molecule has 2 fully saturated rings. The summed E-state index contributed by atoms with van der Waals surface area (Å²) in [6.45, 7) is 7.98. The molecule has 1 N–H and O–H groups in total. The van der Waals surface area contributed by atoms with Crippen LogP contribution < -0.4 is 10.9 Å². The third-order valence-corrected chi connectivity index (χ3v) is 5.25. The fourth-order valence-corrected chi connectivity index (χ4v) is 3.09. The first kappa shape index (κ1) is 16.5. The summed E-state index contributed by atoms with van der Waals surface area (Å²) < 4.78 is 12.1. The molecule has 0 spiro atoms. The number of pyridine rings is 1. The first-order valence-corrected chi connectivity index (χ1v) is 8.41. The van der Waals surface area contributed by atoms with Crippen molar-refractivity contribution in [1.82, 2.24) is 10.3 Å². The van der Waals surface area contributed by atoms with E-state index in [-0.39, 0.29) is 11.9 Å². The lowest BCUT2D eigenvalue weighted by Crippen LogP contribution is -2.43. The highest BCUT2D eigenvalue weighted by atomic mass is 16.7. The summed E-state index contributed by atoms with van der Waals surface area (Å²) in [5.74, 6) is -0.0882. The molecular weight excluding hydrogens is 291 g/mol. The predicted molar refractivity (Wildman–Crippen MR) is 89.7 cm³/mol. The molecule has 1 aromatic heterocycles. The van der Waals surface area contributed by atoms with Crippen molar-refractivity contribution in [3.8, 4) is 0 Å². The summed E-state index contributed by atoms with van der Waals surface area (Å²) in [6, 6.07) is 3.84. The van der Waals surface area contributed by atoms with Crippen molar-refractivity contribution in [3.05, 3.63) is 23.9 Å². The highest BCUT2D eigenvalue weighted by Crippen LogP contribution is 2.36. The van der Waals surface area contributed by atoms with Gasteiger partial charge in [0, 0.05) is 12.2 Å². The van der Waals surface area contributed by atoms with Gasteiger partial charge in [0.15, 0.2) is 0 Å². The van der Waals surface area contributed by atoms with E-state index in [0.29, 0.717) is 11.2 Å². The zero-order valence-electron chi connectivity index (χ0n) is 14.4. The maximum Gasteiger partial charge on any atom is 0.515 e. The fourth-order valence-electron chi connectivity index (χ4n) is 3.09. The summed E-state index contributed by atoms with van der Waals surface area (Å²) in [7, 11) is -0.620. The van der Waals surface area contributed by atoms with E-state index in [1.807, 2.05) is 27.7 Å². The number of hydrogen-bond acceptors (Lipinski definition) is 4. The maximum atomic E-state index is 12.6. The summed E-state index contributed by atoms with van der Waals surface area (Å²) in [4.78, 5) is 17.0. The second kappa shape index (κ2) is 5.91. The van der Waals surface area contributed by atoms with Crippen molar-refractivity contribution in [2.24, 2.45) is 0 Å². The van der Waals surface area contributed by atoms with Crippen LogP contribution in [-0.2, 0) is 9.31 Å². The second-order valence-corrected chi connectivity index (χ2v) is 7.48. The molecule has 1 aromatic rings. The molecule has 0 radical (unpaired) electrons. The van der Waals surface area contributed by atoms with Gasteiger partial charge in [0.1, 0.15) is 0 Å². The number of nitrogens with one attached hydrogen (secondary N) is 1. The quantitative estimate of drug-likeness (QED) is 0.867. The van der Waals surface area contributed by atoms with Crippen molar-refractivity contribution in [2.75, 3.05) is 0 Å². The molecule has 124 valence electrons. The Balaban J connectivity index is 1.82. The lowest BCUT2D eigenvalue weighted by Gasteiger charge is -2.32. The highest BCUT2D eigenvalue weighted by Gasteiger charge is 2.53. The zero-order chi connectivity index (χ0) is 16.7. The Labute approximate surface area is 138 Å². The van der Waals surface area contributed by atoms with Crippen LogP contribution in [0, 0.1) is 0 Å². The van der Waals surface area contributed by atoms with Crippen molar-refractivity contribution < 1.29 is 14.1 Å². The van der Waals surface area contributed by atoms with Gasteiger partial charge in [0.25, 0.3) is 5.91 Å². The number of nitrogens with zero attached hydrogens (tertiary/aromatic N) is 1. The van der Waals surface area contributed by atoms with Gasteiger partial charge in [-0.05, 0) is 52.7 Å². The molecule has 0 bridgehead atoms. The number of amides is 1. The standard InChI is InChI=1S/C17H25BN2O3/c1-16(2)17(3,4)23-18(22-16)14-13(10-7-11-19-14)15(21)20-12-8-5-6-9-12/h7,10-12H,5-6,8-9H2,1-4H3,(H,20,21). The van der Waals surface area contributed by atoms with Gasteiger partial charge in [-0.1, -0.05) is 12.8 Å². The van der Waals surface area contributed by atoms with Crippen LogP contribution in [0.25, 0.3) is 0 Å². The third-order valence-electron chi connectivity index (χ3n) is 5.25. The average Bonchev–Trinajstić information content (AvgIpc) is 3.05. The average molecular weight is 316 g/mol. The van der Waals surface area contributed by atoms with E-state index in [2.05, 4.69) is 10.3 Å². The van der Waals surface area contributed by atoms with Crippen molar-refractivity contribution >= 4 is 18.6 Å². The van der Waals surface area contributed by atoms with E-state index in [0.717, 1.165) is 12.8 Å². The maximum absolute atomic E-state index is 12.6. The van der Waals surface area contributed by atoms with Crippen molar-refractivity contribution in [3.63, 3.8) is 0 Å². The SMILES string of the molecule is CC1(C)OB(c2ncccc2C(=O)NC2CCCC2)OC1(C)C. The van der Waals surface area contributed by atoms with Crippen molar-refractivity contribution in [1.29, 1.82) is 0 Å². The molecule has 3 rings (SSSR count). The van der Waals surface area contributed by atoms with Crippen LogP contribution in [0.3, 0.4) is 0 Å². The van der Waals surface area contributed by atoms with E-state index >= 15 is 0 Å². The van der Waals surface area contributed by atoms with Gasteiger partial charge in [-0.2, -0.15) is 0 Å². The predicted octanol–water partition coefficient (Wildman–Crippen LogP) is 2.05. The van der Waals surface area contributed by atoms with Crippen LogP contribution in [0.5, 0.6) is 0 Å². The molecular formula is C17H25BN2O3. The summed E-state index contributed by atoms with van der Waals surface area (Å²) in [6.07, 6.45) is 6.15. The Hall–Kier alpha value is -1.40. The van der Waals surface area contributed by atoms with E-state index in [4.69, 9.17) is 9.31 Å². The van der Waals surface area contributed by atoms with Gasteiger partial charge in [-0.25, -0.2) is 0 Å². The van der Waals surface area contributed by atoms with Gasteiger partial charge >= 0.3 is 7.12 Å². The normalized spacial score (nSPS) is 23.2. The molecule has 1 amide bonds. The number of carbonyl (C=O) groups is 1. The zero-order valence-corrected chi connectivity index (χ0v) is 14.4. The minimum atomic E-state index is -0.620. The molecule has 6 heteroatoms. The van der Waals surface area contributed by atoms with Gasteiger partial charge < -0.3 is 14.6 Å². The second-order valence-electron chi connectivity index (χ2n) is 7.48. The van der Waals surface area contributed by atoms with Crippen LogP contribution in [0.1, 0.15) is 63.7 Å². The largest absolute Gasteiger partial charge is 0.515 e. The molecule has 0 atom stereocenters. The summed E-state index contributed by atoms with van der Waals surface area (Å²) in [5.41, 5.74) is 0.197. The van der Waals surface area contributed by atoms with Gasteiger partial charge in [-0.15, -0.1) is 0 Å². The summed E-state index contributed by atoms with van der Waals surface area (Å²) in [5, 5.41) is 3.11. The molecule has 1 saturated carbocycles. The third kappa shape index (κ3) is 3.15. The van der Waals surface area contributed by atoms with E-state index < -0.39 is 18.3 Å². The minimum absolute atomic E-state index is 0.0882. The number of aromatic nitrogens is 1. The molecule has 5 nitrogen and oxygen atoms in total. The Morgan fingerprint density at radius 2 is 1.83 bits per heavy atom. The van der Waals surface area contributed by atoms with Gasteiger partial charge in [-0.3, -0.25) is 9.78 Å². The lowest BCUT2D eigenvalue weighted by atomic mass is 9.80. The highest BCUT2D eigenvalue weighted by molar-refractivity contribution is 6.62. The Morgan fingerprint density at radius 3 is 2.43 bits per heavy atom. The Kier molecular flexibility index (Phi) is 4.23. The molecule has 1 saturated heterocycles. The van der Waals surface area contributed by atoms with Crippen LogP contribution in [0.2, 0.25) is 0 Å². The number of hydrogen-bond donors (Lipinski definition) is 1. The Bertz CT molecular complexity index is 581. The van der Waals surface area contributed by atoms with Crippen LogP contribution >= 0.6 is 0 Å². The number of rotatable bonds is 3.